The summed E-state index contributed by atoms with van der Waals surface area (Å²) < 4.78 is 5.67. The molecule has 2 aromatic rings. The van der Waals surface area contributed by atoms with Crippen molar-refractivity contribution in [3.8, 4) is 0 Å². The Hall–Kier alpha value is -0.990. The maximum absolute atomic E-state index is 10.2. The average molecular weight is 295 g/mol. The number of rotatable bonds is 8. The second-order valence-electron chi connectivity index (χ2n) is 5.38. The molecule has 1 N–H and O–H groups in total. The van der Waals surface area contributed by atoms with Gasteiger partial charge in [-0.05, 0) is 18.6 Å². The fourth-order valence-electron chi connectivity index (χ4n) is 2.47. The van der Waals surface area contributed by atoms with Gasteiger partial charge in [0.2, 0.25) is 0 Å². The number of hydrogen-bond donors (Lipinski definition) is 1. The lowest BCUT2D eigenvalue weighted by molar-refractivity contribution is 0.139. The van der Waals surface area contributed by atoms with Crippen molar-refractivity contribution in [2.45, 2.75) is 58.0 Å². The highest BCUT2D eigenvalue weighted by Gasteiger charge is 2.14. The van der Waals surface area contributed by atoms with E-state index in [-0.39, 0.29) is 0 Å². The minimum atomic E-state index is -0.523. The van der Waals surface area contributed by atoms with E-state index in [2.05, 4.69) is 6.92 Å². The van der Waals surface area contributed by atoms with Gasteiger partial charge in [-0.1, -0.05) is 69.2 Å². The van der Waals surface area contributed by atoms with Gasteiger partial charge in [-0.3, -0.25) is 0 Å². The molecule has 0 spiro atoms. The van der Waals surface area contributed by atoms with Gasteiger partial charge in [0.15, 0.2) is 5.58 Å². The highest BCUT2D eigenvalue weighted by molar-refractivity contribution is 6.34. The number of unbranched alkanes of at least 4 members (excludes halogenated alkanes) is 5. The maximum atomic E-state index is 10.2. The first-order valence-electron chi connectivity index (χ1n) is 7.58. The first-order valence-corrected chi connectivity index (χ1v) is 7.96. The van der Waals surface area contributed by atoms with E-state index in [1.165, 1.54) is 32.1 Å². The molecule has 1 aromatic heterocycles. The minimum Gasteiger partial charge on any atom is -0.457 e. The number of aliphatic hydroxyl groups excluding tert-OH is 1. The Labute approximate surface area is 125 Å². The van der Waals surface area contributed by atoms with Crippen LogP contribution in [0, 0.1) is 0 Å². The lowest BCUT2D eigenvalue weighted by Gasteiger charge is -2.07. The number of aliphatic hydroxyl groups is 1. The van der Waals surface area contributed by atoms with Crippen LogP contribution in [0.3, 0.4) is 0 Å². The van der Waals surface area contributed by atoms with Gasteiger partial charge in [-0.25, -0.2) is 0 Å². The second-order valence-corrected chi connectivity index (χ2v) is 5.79. The summed E-state index contributed by atoms with van der Waals surface area (Å²) in [5, 5.41) is 11.7. The van der Waals surface area contributed by atoms with Crippen molar-refractivity contribution < 1.29 is 9.52 Å². The van der Waals surface area contributed by atoms with Crippen LogP contribution in [0.2, 0.25) is 5.02 Å². The molecule has 0 bridgehead atoms. The smallest absolute Gasteiger partial charge is 0.152 e. The summed E-state index contributed by atoms with van der Waals surface area (Å²) in [7, 11) is 0. The van der Waals surface area contributed by atoms with Crippen LogP contribution in [0.15, 0.2) is 28.7 Å². The molecule has 0 aliphatic rings. The van der Waals surface area contributed by atoms with Crippen LogP contribution in [0.25, 0.3) is 11.0 Å². The van der Waals surface area contributed by atoms with Crippen LogP contribution in [0.4, 0.5) is 0 Å². The monoisotopic (exact) mass is 294 g/mol. The van der Waals surface area contributed by atoms with Crippen molar-refractivity contribution >= 4 is 22.6 Å². The fraction of sp³-hybridized carbons (Fsp3) is 0.529. The summed E-state index contributed by atoms with van der Waals surface area (Å²) in [6.07, 6.45) is 7.58. The van der Waals surface area contributed by atoms with Crippen LogP contribution < -0.4 is 0 Å². The first kappa shape index (κ1) is 15.4. The summed E-state index contributed by atoms with van der Waals surface area (Å²) in [5.74, 6) is 0.627. The molecule has 0 saturated carbocycles. The second kappa shape index (κ2) is 7.70. The summed E-state index contributed by atoms with van der Waals surface area (Å²) >= 11 is 6.07. The largest absolute Gasteiger partial charge is 0.457 e. The summed E-state index contributed by atoms with van der Waals surface area (Å²) in [6, 6.07) is 7.54. The zero-order valence-electron chi connectivity index (χ0n) is 12.1. The molecule has 0 radical (unpaired) electrons. The molecular weight excluding hydrogens is 272 g/mol. The van der Waals surface area contributed by atoms with Gasteiger partial charge < -0.3 is 9.52 Å². The third kappa shape index (κ3) is 4.00. The molecule has 1 aromatic carbocycles. The van der Waals surface area contributed by atoms with E-state index in [9.17, 15) is 5.11 Å². The third-order valence-corrected chi connectivity index (χ3v) is 3.97. The van der Waals surface area contributed by atoms with Crippen LogP contribution in [0.1, 0.15) is 63.7 Å². The van der Waals surface area contributed by atoms with Gasteiger partial charge in [0.25, 0.3) is 0 Å². The van der Waals surface area contributed by atoms with E-state index in [0.717, 1.165) is 18.2 Å². The molecule has 20 heavy (non-hydrogen) atoms. The van der Waals surface area contributed by atoms with Gasteiger partial charge in [-0.2, -0.15) is 0 Å². The molecule has 0 amide bonds. The lowest BCUT2D eigenvalue weighted by Crippen LogP contribution is -1.95. The summed E-state index contributed by atoms with van der Waals surface area (Å²) in [6.45, 7) is 2.22. The van der Waals surface area contributed by atoms with Crippen molar-refractivity contribution in [3.63, 3.8) is 0 Å². The van der Waals surface area contributed by atoms with Crippen molar-refractivity contribution in [1.82, 2.24) is 0 Å². The Bertz CT molecular complexity index is 533. The zero-order chi connectivity index (χ0) is 14.4. The minimum absolute atomic E-state index is 0.523. The van der Waals surface area contributed by atoms with E-state index in [4.69, 9.17) is 16.0 Å². The number of para-hydroxylation sites is 1. The first-order chi connectivity index (χ1) is 9.72. The molecule has 1 heterocycles. The molecular formula is C17H23ClO2. The molecule has 0 saturated heterocycles. The molecule has 1 unspecified atom stereocenters. The van der Waals surface area contributed by atoms with Gasteiger partial charge in [0, 0.05) is 5.39 Å². The Morgan fingerprint density at radius 2 is 1.90 bits per heavy atom. The predicted octanol–water partition coefficient (Wildman–Crippen LogP) is 5.87. The van der Waals surface area contributed by atoms with Gasteiger partial charge >= 0.3 is 0 Å². The summed E-state index contributed by atoms with van der Waals surface area (Å²) in [4.78, 5) is 0. The van der Waals surface area contributed by atoms with E-state index in [1.54, 1.807) is 6.07 Å². The number of halogens is 1. The van der Waals surface area contributed by atoms with E-state index < -0.39 is 6.10 Å². The standard InChI is InChI=1S/C17H23ClO2/c1-2-3-4-5-6-7-11-15(19)16-12-13-9-8-10-14(18)17(13)20-16/h8-10,12,15,19H,2-7,11H2,1H3. The normalized spacial score (nSPS) is 12.9. The molecule has 2 nitrogen and oxygen atoms in total. The molecule has 2 rings (SSSR count). The topological polar surface area (TPSA) is 33.4 Å². The van der Waals surface area contributed by atoms with Crippen molar-refractivity contribution in [1.29, 1.82) is 0 Å². The van der Waals surface area contributed by atoms with Crippen molar-refractivity contribution in [3.05, 3.63) is 35.0 Å². The van der Waals surface area contributed by atoms with Crippen LogP contribution in [0.5, 0.6) is 0 Å². The fourth-order valence-corrected chi connectivity index (χ4v) is 2.69. The number of fused-ring (bicyclic) bond motifs is 1. The van der Waals surface area contributed by atoms with Crippen molar-refractivity contribution in [2.75, 3.05) is 0 Å². The molecule has 0 aliphatic carbocycles. The molecule has 1 atom stereocenters. The van der Waals surface area contributed by atoms with Crippen LogP contribution >= 0.6 is 11.6 Å². The predicted molar refractivity (Wildman–Crippen MR) is 84.2 cm³/mol. The maximum Gasteiger partial charge on any atom is 0.152 e. The zero-order valence-corrected chi connectivity index (χ0v) is 12.8. The van der Waals surface area contributed by atoms with Gasteiger partial charge in [-0.15, -0.1) is 0 Å². The Kier molecular flexibility index (Phi) is 5.93. The van der Waals surface area contributed by atoms with Crippen molar-refractivity contribution in [2.24, 2.45) is 0 Å². The van der Waals surface area contributed by atoms with Crippen LogP contribution in [-0.2, 0) is 0 Å². The number of furan rings is 1. The van der Waals surface area contributed by atoms with Crippen LogP contribution in [-0.4, -0.2) is 5.11 Å². The third-order valence-electron chi connectivity index (χ3n) is 3.67. The molecule has 0 aliphatic heterocycles. The Morgan fingerprint density at radius 1 is 1.15 bits per heavy atom. The SMILES string of the molecule is CCCCCCCCC(O)c1cc2cccc(Cl)c2o1. The average Bonchev–Trinajstić information content (AvgIpc) is 2.88. The Morgan fingerprint density at radius 3 is 2.65 bits per heavy atom. The number of benzene rings is 1. The lowest BCUT2D eigenvalue weighted by atomic mass is 10.1. The van der Waals surface area contributed by atoms with E-state index in [0.29, 0.717) is 16.4 Å². The highest BCUT2D eigenvalue weighted by atomic mass is 35.5. The molecule has 110 valence electrons. The molecule has 3 heteroatoms. The Balaban J connectivity index is 1.85. The quantitative estimate of drug-likeness (QED) is 0.618. The highest BCUT2D eigenvalue weighted by Crippen LogP contribution is 2.31. The van der Waals surface area contributed by atoms with Gasteiger partial charge in [0.1, 0.15) is 11.9 Å². The molecule has 0 fully saturated rings. The van der Waals surface area contributed by atoms with E-state index >= 15 is 0 Å². The summed E-state index contributed by atoms with van der Waals surface area (Å²) in [5.41, 5.74) is 0.672. The van der Waals surface area contributed by atoms with E-state index in [1.807, 2.05) is 18.2 Å². The number of hydrogen-bond acceptors (Lipinski definition) is 2. The van der Waals surface area contributed by atoms with Gasteiger partial charge in [0.05, 0.1) is 5.02 Å².